The standard InChI is InChI=1S/C11H9N5O3S2/c12-21(18,19)11-16-15-10(20-11)13-5-7-6-3-1-2-4-8(6)14-9(7)17/h1-5,14,17H,(H2,12,18,19)/b13-5+. The molecule has 0 aliphatic rings. The molecular weight excluding hydrogens is 314 g/mol. The Bertz CT molecular complexity index is 942. The van der Waals surface area contributed by atoms with Crippen LogP contribution in [0, 0.1) is 0 Å². The summed E-state index contributed by atoms with van der Waals surface area (Å²) >= 11 is 0.748. The van der Waals surface area contributed by atoms with Gasteiger partial charge in [-0.1, -0.05) is 29.5 Å². The number of aromatic hydroxyl groups is 1. The molecule has 0 fully saturated rings. The first-order valence-corrected chi connectivity index (χ1v) is 8.01. The van der Waals surface area contributed by atoms with E-state index < -0.39 is 10.0 Å². The van der Waals surface area contributed by atoms with E-state index >= 15 is 0 Å². The molecule has 0 saturated heterocycles. The van der Waals surface area contributed by atoms with E-state index in [4.69, 9.17) is 5.14 Å². The van der Waals surface area contributed by atoms with Gasteiger partial charge in [0.25, 0.3) is 10.0 Å². The summed E-state index contributed by atoms with van der Waals surface area (Å²) in [6.07, 6.45) is 1.39. The van der Waals surface area contributed by atoms with Crippen LogP contribution in [0.4, 0.5) is 5.13 Å². The molecule has 0 aliphatic carbocycles. The van der Waals surface area contributed by atoms with Crippen molar-refractivity contribution in [1.82, 2.24) is 15.2 Å². The summed E-state index contributed by atoms with van der Waals surface area (Å²) < 4.78 is 21.9. The van der Waals surface area contributed by atoms with Crippen molar-refractivity contribution >= 4 is 43.6 Å². The molecule has 21 heavy (non-hydrogen) atoms. The Balaban J connectivity index is 1.98. The molecule has 8 nitrogen and oxygen atoms in total. The topological polar surface area (TPSA) is 134 Å². The molecule has 0 bridgehead atoms. The number of primary sulfonamides is 1. The van der Waals surface area contributed by atoms with E-state index in [1.807, 2.05) is 24.3 Å². The van der Waals surface area contributed by atoms with Crippen LogP contribution in [0.1, 0.15) is 5.56 Å². The highest BCUT2D eigenvalue weighted by Gasteiger charge is 2.14. The zero-order chi connectivity index (χ0) is 15.0. The Morgan fingerprint density at radius 3 is 2.81 bits per heavy atom. The number of rotatable bonds is 3. The molecule has 108 valence electrons. The fourth-order valence-electron chi connectivity index (χ4n) is 1.77. The summed E-state index contributed by atoms with van der Waals surface area (Å²) in [5.41, 5.74) is 1.25. The fourth-order valence-corrected chi connectivity index (χ4v) is 3.04. The molecule has 0 amide bonds. The molecular formula is C11H9N5O3S2. The van der Waals surface area contributed by atoms with Gasteiger partial charge in [0.2, 0.25) is 9.47 Å². The minimum Gasteiger partial charge on any atom is -0.494 e. The van der Waals surface area contributed by atoms with Crippen molar-refractivity contribution in [2.24, 2.45) is 10.1 Å². The third-order valence-electron chi connectivity index (χ3n) is 2.67. The third kappa shape index (κ3) is 2.63. The number of nitrogens with two attached hydrogens (primary N) is 1. The summed E-state index contributed by atoms with van der Waals surface area (Å²) in [6, 6.07) is 7.30. The molecule has 0 aliphatic heterocycles. The van der Waals surface area contributed by atoms with Crippen LogP contribution in [0.5, 0.6) is 5.88 Å². The number of nitrogens with zero attached hydrogens (tertiary/aromatic N) is 3. The highest BCUT2D eigenvalue weighted by molar-refractivity contribution is 7.91. The number of nitrogens with one attached hydrogen (secondary N) is 1. The van der Waals surface area contributed by atoms with Crippen molar-refractivity contribution in [3.05, 3.63) is 29.8 Å². The van der Waals surface area contributed by atoms with Gasteiger partial charge >= 0.3 is 0 Å². The van der Waals surface area contributed by atoms with Crippen LogP contribution < -0.4 is 5.14 Å². The summed E-state index contributed by atoms with van der Waals surface area (Å²) in [5.74, 6) is -0.0314. The quantitative estimate of drug-likeness (QED) is 0.621. The van der Waals surface area contributed by atoms with Gasteiger partial charge in [0.15, 0.2) is 5.88 Å². The molecule has 10 heteroatoms. The summed E-state index contributed by atoms with van der Waals surface area (Å²) in [6.45, 7) is 0. The Kier molecular flexibility index (Phi) is 3.20. The minimum atomic E-state index is -3.88. The predicted molar refractivity (Wildman–Crippen MR) is 78.5 cm³/mol. The van der Waals surface area contributed by atoms with Gasteiger partial charge in [-0.3, -0.25) is 0 Å². The molecule has 1 aromatic carbocycles. The predicted octanol–water partition coefficient (Wildman–Crippen LogP) is 1.12. The van der Waals surface area contributed by atoms with Gasteiger partial charge in [-0.15, -0.1) is 10.2 Å². The molecule has 0 spiro atoms. The van der Waals surface area contributed by atoms with Gasteiger partial charge in [0.05, 0.1) is 5.56 Å². The van der Waals surface area contributed by atoms with Gasteiger partial charge in [-0.05, 0) is 6.07 Å². The third-order valence-corrected chi connectivity index (χ3v) is 4.81. The van der Waals surface area contributed by atoms with E-state index in [0.717, 1.165) is 22.2 Å². The van der Waals surface area contributed by atoms with Crippen molar-refractivity contribution < 1.29 is 13.5 Å². The van der Waals surface area contributed by atoms with Crippen LogP contribution in [-0.4, -0.2) is 34.9 Å². The fraction of sp³-hybridized carbons (Fsp3) is 0. The van der Waals surface area contributed by atoms with Gasteiger partial charge in [-0.25, -0.2) is 18.5 Å². The normalized spacial score (nSPS) is 12.4. The van der Waals surface area contributed by atoms with Crippen molar-refractivity contribution in [2.45, 2.75) is 4.34 Å². The van der Waals surface area contributed by atoms with E-state index in [9.17, 15) is 13.5 Å². The maximum atomic E-state index is 11.1. The van der Waals surface area contributed by atoms with Crippen LogP contribution in [-0.2, 0) is 10.0 Å². The Labute approximate surface area is 123 Å². The van der Waals surface area contributed by atoms with Crippen molar-refractivity contribution in [3.63, 3.8) is 0 Å². The van der Waals surface area contributed by atoms with Crippen LogP contribution in [0.15, 0.2) is 33.6 Å². The number of para-hydroxylation sites is 1. The van der Waals surface area contributed by atoms with E-state index in [-0.39, 0.29) is 15.4 Å². The number of sulfonamides is 1. The number of aromatic nitrogens is 3. The molecule has 0 atom stereocenters. The highest BCUT2D eigenvalue weighted by Crippen LogP contribution is 2.27. The Hall–Kier alpha value is -2.30. The van der Waals surface area contributed by atoms with Crippen LogP contribution in [0.3, 0.4) is 0 Å². The molecule has 0 radical (unpaired) electrons. The van der Waals surface area contributed by atoms with E-state index in [1.165, 1.54) is 6.21 Å². The maximum Gasteiger partial charge on any atom is 0.267 e. The van der Waals surface area contributed by atoms with Crippen LogP contribution >= 0.6 is 11.3 Å². The number of hydrogen-bond donors (Lipinski definition) is 3. The zero-order valence-corrected chi connectivity index (χ0v) is 12.0. The largest absolute Gasteiger partial charge is 0.494 e. The monoisotopic (exact) mass is 323 g/mol. The summed E-state index contributed by atoms with van der Waals surface area (Å²) in [4.78, 5) is 6.82. The lowest BCUT2D eigenvalue weighted by Crippen LogP contribution is -2.11. The van der Waals surface area contributed by atoms with Gasteiger partial charge in [0, 0.05) is 17.1 Å². The maximum absolute atomic E-state index is 11.1. The van der Waals surface area contributed by atoms with Gasteiger partial charge in [0.1, 0.15) is 0 Å². The van der Waals surface area contributed by atoms with Crippen molar-refractivity contribution in [2.75, 3.05) is 0 Å². The average Bonchev–Trinajstić information content (AvgIpc) is 3.00. The van der Waals surface area contributed by atoms with Crippen LogP contribution in [0.2, 0.25) is 0 Å². The number of aliphatic imine (C=N–C) groups is 1. The zero-order valence-electron chi connectivity index (χ0n) is 10.4. The second-order valence-corrected chi connectivity index (χ2v) is 6.78. The number of hydrogen-bond acceptors (Lipinski definition) is 7. The smallest absolute Gasteiger partial charge is 0.267 e. The summed E-state index contributed by atoms with van der Waals surface area (Å²) in [5, 5.41) is 22.8. The van der Waals surface area contributed by atoms with Gasteiger partial charge < -0.3 is 10.1 Å². The first-order valence-electron chi connectivity index (χ1n) is 5.65. The molecule has 0 unspecified atom stereocenters. The number of aromatic amines is 1. The molecule has 4 N–H and O–H groups in total. The summed E-state index contributed by atoms with van der Waals surface area (Å²) in [7, 11) is -3.88. The molecule has 3 rings (SSSR count). The molecule has 0 saturated carbocycles. The second kappa shape index (κ2) is 4.91. The number of H-pyrrole nitrogens is 1. The first kappa shape index (κ1) is 13.7. The Morgan fingerprint density at radius 2 is 2.10 bits per heavy atom. The minimum absolute atomic E-state index is 0.0314. The van der Waals surface area contributed by atoms with Crippen molar-refractivity contribution in [1.29, 1.82) is 0 Å². The highest BCUT2D eigenvalue weighted by atomic mass is 32.2. The Morgan fingerprint density at radius 1 is 1.33 bits per heavy atom. The van der Waals surface area contributed by atoms with E-state index in [0.29, 0.717) is 5.56 Å². The number of benzene rings is 1. The van der Waals surface area contributed by atoms with E-state index in [1.54, 1.807) is 0 Å². The lowest BCUT2D eigenvalue weighted by molar-refractivity contribution is 0.457. The molecule has 3 aromatic rings. The van der Waals surface area contributed by atoms with Crippen molar-refractivity contribution in [3.8, 4) is 5.88 Å². The molecule has 2 aromatic heterocycles. The first-order chi connectivity index (χ1) is 9.95. The van der Waals surface area contributed by atoms with Crippen LogP contribution in [0.25, 0.3) is 10.9 Å². The second-order valence-electron chi connectivity index (χ2n) is 4.09. The number of fused-ring (bicyclic) bond motifs is 1. The average molecular weight is 323 g/mol. The van der Waals surface area contributed by atoms with Gasteiger partial charge in [-0.2, -0.15) is 0 Å². The molecule has 2 heterocycles. The SMILES string of the molecule is NS(=O)(=O)c1nnc(/N=C/c2c(O)[nH]c3ccccc23)s1. The lowest BCUT2D eigenvalue weighted by atomic mass is 10.2. The van der Waals surface area contributed by atoms with E-state index in [2.05, 4.69) is 20.2 Å². The lowest BCUT2D eigenvalue weighted by Gasteiger charge is -1.90.